The number of rotatable bonds is 1. The predicted molar refractivity (Wildman–Crippen MR) is 70.2 cm³/mol. The van der Waals surface area contributed by atoms with Crippen molar-refractivity contribution in [2.24, 2.45) is 4.99 Å². The molecule has 0 saturated carbocycles. The maximum atomic E-state index is 4.44. The van der Waals surface area contributed by atoms with Crippen molar-refractivity contribution >= 4 is 18.4 Å². The van der Waals surface area contributed by atoms with E-state index in [0.29, 0.717) is 6.04 Å². The summed E-state index contributed by atoms with van der Waals surface area (Å²) in [5, 5.41) is 3.45. The first-order valence-electron chi connectivity index (χ1n) is 5.30. The molecule has 0 aromatic heterocycles. The van der Waals surface area contributed by atoms with E-state index in [2.05, 4.69) is 34.6 Å². The van der Waals surface area contributed by atoms with Gasteiger partial charge in [-0.25, -0.2) is 0 Å². The van der Waals surface area contributed by atoms with Gasteiger partial charge < -0.3 is 10.2 Å². The second kappa shape index (κ2) is 5.75. The Bertz CT molecular complexity index is 349. The first-order valence-corrected chi connectivity index (χ1v) is 5.30. The SMILES string of the molecule is CN(C)C1=NCCC(c2ccccc2)N1.Cl. The summed E-state index contributed by atoms with van der Waals surface area (Å²) in [6.45, 7) is 0.903. The van der Waals surface area contributed by atoms with Gasteiger partial charge in [-0.2, -0.15) is 0 Å². The summed E-state index contributed by atoms with van der Waals surface area (Å²) >= 11 is 0. The average Bonchev–Trinajstić information content (AvgIpc) is 2.30. The summed E-state index contributed by atoms with van der Waals surface area (Å²) in [4.78, 5) is 6.46. The molecule has 1 atom stereocenters. The molecule has 1 unspecified atom stereocenters. The van der Waals surface area contributed by atoms with Gasteiger partial charge in [0.25, 0.3) is 0 Å². The van der Waals surface area contributed by atoms with E-state index in [1.54, 1.807) is 0 Å². The minimum Gasteiger partial charge on any atom is -0.349 e. The molecule has 0 aliphatic carbocycles. The van der Waals surface area contributed by atoms with Crippen LogP contribution in [0.3, 0.4) is 0 Å². The van der Waals surface area contributed by atoms with Gasteiger partial charge in [-0.15, -0.1) is 12.4 Å². The quantitative estimate of drug-likeness (QED) is 0.813. The van der Waals surface area contributed by atoms with Crippen LogP contribution in [0.4, 0.5) is 0 Å². The molecule has 0 fully saturated rings. The van der Waals surface area contributed by atoms with Crippen molar-refractivity contribution in [2.45, 2.75) is 12.5 Å². The van der Waals surface area contributed by atoms with Gasteiger partial charge in [0.2, 0.25) is 0 Å². The van der Waals surface area contributed by atoms with Crippen LogP contribution < -0.4 is 5.32 Å². The molecule has 88 valence electrons. The van der Waals surface area contributed by atoms with E-state index >= 15 is 0 Å². The average molecular weight is 240 g/mol. The topological polar surface area (TPSA) is 27.6 Å². The molecule has 0 spiro atoms. The summed E-state index contributed by atoms with van der Waals surface area (Å²) < 4.78 is 0. The molecule has 4 heteroatoms. The fourth-order valence-electron chi connectivity index (χ4n) is 1.78. The molecule has 0 saturated heterocycles. The fourth-order valence-corrected chi connectivity index (χ4v) is 1.78. The molecule has 1 heterocycles. The minimum absolute atomic E-state index is 0. The Morgan fingerprint density at radius 1 is 1.25 bits per heavy atom. The molecular formula is C12H18ClN3. The molecule has 1 aromatic carbocycles. The zero-order valence-corrected chi connectivity index (χ0v) is 10.5. The van der Waals surface area contributed by atoms with Crippen molar-refractivity contribution in [1.29, 1.82) is 0 Å². The lowest BCUT2D eigenvalue weighted by atomic mass is 10.0. The summed E-state index contributed by atoms with van der Waals surface area (Å²) in [7, 11) is 4.03. The molecule has 0 radical (unpaired) electrons. The van der Waals surface area contributed by atoms with Crippen LogP contribution in [0.15, 0.2) is 35.3 Å². The van der Waals surface area contributed by atoms with E-state index in [4.69, 9.17) is 0 Å². The van der Waals surface area contributed by atoms with Crippen LogP contribution >= 0.6 is 12.4 Å². The van der Waals surface area contributed by atoms with Crippen LogP contribution in [0.25, 0.3) is 0 Å². The van der Waals surface area contributed by atoms with E-state index < -0.39 is 0 Å². The third kappa shape index (κ3) is 2.89. The normalized spacial score (nSPS) is 19.1. The molecule has 3 nitrogen and oxygen atoms in total. The second-order valence-corrected chi connectivity index (χ2v) is 4.00. The number of nitrogens with zero attached hydrogens (tertiary/aromatic N) is 2. The molecule has 0 amide bonds. The van der Waals surface area contributed by atoms with Crippen LogP contribution in [-0.2, 0) is 0 Å². The Morgan fingerprint density at radius 3 is 2.56 bits per heavy atom. The van der Waals surface area contributed by atoms with Crippen molar-refractivity contribution in [2.75, 3.05) is 20.6 Å². The number of hydrogen-bond donors (Lipinski definition) is 1. The van der Waals surface area contributed by atoms with E-state index in [1.807, 2.05) is 25.1 Å². The van der Waals surface area contributed by atoms with E-state index in [-0.39, 0.29) is 12.4 Å². The number of nitrogens with one attached hydrogen (secondary N) is 1. The fraction of sp³-hybridized carbons (Fsp3) is 0.417. The van der Waals surface area contributed by atoms with E-state index in [1.165, 1.54) is 5.56 Å². The first kappa shape index (κ1) is 12.8. The largest absolute Gasteiger partial charge is 0.349 e. The summed E-state index contributed by atoms with van der Waals surface area (Å²) in [5.74, 6) is 0.982. The van der Waals surface area contributed by atoms with Gasteiger partial charge in [0, 0.05) is 20.6 Å². The van der Waals surface area contributed by atoms with E-state index in [9.17, 15) is 0 Å². The molecule has 1 aliphatic heterocycles. The monoisotopic (exact) mass is 239 g/mol. The predicted octanol–water partition coefficient (Wildman–Crippen LogP) is 2.06. The third-order valence-corrected chi connectivity index (χ3v) is 2.61. The third-order valence-electron chi connectivity index (χ3n) is 2.61. The van der Waals surface area contributed by atoms with Gasteiger partial charge in [0.05, 0.1) is 6.04 Å². The number of guanidine groups is 1. The van der Waals surface area contributed by atoms with Gasteiger partial charge in [0.15, 0.2) is 5.96 Å². The lowest BCUT2D eigenvalue weighted by Gasteiger charge is -2.28. The molecule has 0 bridgehead atoms. The lowest BCUT2D eigenvalue weighted by molar-refractivity contribution is 0.494. The van der Waals surface area contributed by atoms with Gasteiger partial charge in [-0.05, 0) is 12.0 Å². The van der Waals surface area contributed by atoms with Gasteiger partial charge in [-0.1, -0.05) is 30.3 Å². The van der Waals surface area contributed by atoms with Gasteiger partial charge in [-0.3, -0.25) is 4.99 Å². The van der Waals surface area contributed by atoms with Crippen molar-refractivity contribution in [3.8, 4) is 0 Å². The van der Waals surface area contributed by atoms with Crippen LogP contribution in [0.5, 0.6) is 0 Å². The summed E-state index contributed by atoms with van der Waals surface area (Å²) in [6.07, 6.45) is 1.07. The van der Waals surface area contributed by atoms with Gasteiger partial charge in [0.1, 0.15) is 0 Å². The highest BCUT2D eigenvalue weighted by Crippen LogP contribution is 2.19. The Labute approximate surface area is 103 Å². The van der Waals surface area contributed by atoms with Crippen molar-refractivity contribution in [3.63, 3.8) is 0 Å². The van der Waals surface area contributed by atoms with Crippen molar-refractivity contribution in [3.05, 3.63) is 35.9 Å². The van der Waals surface area contributed by atoms with Crippen LogP contribution in [0.1, 0.15) is 18.0 Å². The van der Waals surface area contributed by atoms with Crippen molar-refractivity contribution < 1.29 is 0 Å². The van der Waals surface area contributed by atoms with E-state index in [0.717, 1.165) is 18.9 Å². The van der Waals surface area contributed by atoms with Crippen molar-refractivity contribution in [1.82, 2.24) is 10.2 Å². The highest BCUT2D eigenvalue weighted by Gasteiger charge is 2.17. The number of halogens is 1. The number of aliphatic imine (C=N–C) groups is 1. The zero-order valence-electron chi connectivity index (χ0n) is 9.68. The number of benzene rings is 1. The second-order valence-electron chi connectivity index (χ2n) is 4.00. The lowest BCUT2D eigenvalue weighted by Crippen LogP contribution is -2.41. The Kier molecular flexibility index (Phi) is 4.62. The zero-order chi connectivity index (χ0) is 10.7. The molecule has 1 aliphatic rings. The molecule has 16 heavy (non-hydrogen) atoms. The number of hydrogen-bond acceptors (Lipinski definition) is 3. The molecule has 2 rings (SSSR count). The maximum Gasteiger partial charge on any atom is 0.193 e. The maximum absolute atomic E-state index is 4.44. The standard InChI is InChI=1S/C12H17N3.ClH/c1-15(2)12-13-9-8-11(14-12)10-6-4-3-5-7-10;/h3-7,11H,8-9H2,1-2H3,(H,13,14);1H. The minimum atomic E-state index is 0. The highest BCUT2D eigenvalue weighted by molar-refractivity contribution is 5.85. The smallest absolute Gasteiger partial charge is 0.193 e. The van der Waals surface area contributed by atoms with Crippen LogP contribution in [0, 0.1) is 0 Å². The molecule has 1 N–H and O–H groups in total. The highest BCUT2D eigenvalue weighted by atomic mass is 35.5. The summed E-state index contributed by atoms with van der Waals surface area (Å²) in [5.41, 5.74) is 1.34. The molecular weight excluding hydrogens is 222 g/mol. The first-order chi connectivity index (χ1) is 7.27. The van der Waals surface area contributed by atoms with Gasteiger partial charge >= 0.3 is 0 Å². The Balaban J connectivity index is 0.00000128. The summed E-state index contributed by atoms with van der Waals surface area (Å²) in [6, 6.07) is 10.9. The molecule has 1 aromatic rings. The Morgan fingerprint density at radius 2 is 1.94 bits per heavy atom. The van der Waals surface area contributed by atoms with Crippen LogP contribution in [-0.4, -0.2) is 31.5 Å². The Hall–Kier alpha value is -1.22. The van der Waals surface area contributed by atoms with Crippen LogP contribution in [0.2, 0.25) is 0 Å².